The molecule has 0 unspecified atom stereocenters. The minimum absolute atomic E-state index is 0.0621. The number of hydrogen-bond donors (Lipinski definition) is 1. The summed E-state index contributed by atoms with van der Waals surface area (Å²) >= 11 is 0. The summed E-state index contributed by atoms with van der Waals surface area (Å²) in [5.41, 5.74) is 2.05. The Bertz CT molecular complexity index is 454. The lowest BCUT2D eigenvalue weighted by Gasteiger charge is -2.06. The summed E-state index contributed by atoms with van der Waals surface area (Å²) in [5.74, 6) is -0.348. The van der Waals surface area contributed by atoms with Crippen molar-refractivity contribution in [3.8, 4) is 0 Å². The fraction of sp³-hybridized carbons (Fsp3) is 0.333. The molecule has 0 aliphatic rings. The van der Waals surface area contributed by atoms with Gasteiger partial charge in [-0.2, -0.15) is 0 Å². The van der Waals surface area contributed by atoms with Gasteiger partial charge in [0.15, 0.2) is 0 Å². The van der Waals surface area contributed by atoms with Gasteiger partial charge in [-0.3, -0.25) is 9.59 Å². The van der Waals surface area contributed by atoms with Crippen LogP contribution in [0, 0.1) is 0 Å². The highest BCUT2D eigenvalue weighted by Crippen LogP contribution is 2.06. The van der Waals surface area contributed by atoms with E-state index < -0.39 is 0 Å². The molecule has 19 heavy (non-hydrogen) atoms. The van der Waals surface area contributed by atoms with E-state index in [-0.39, 0.29) is 18.3 Å². The number of methoxy groups -OCH3 is 1. The first-order valence-corrected chi connectivity index (χ1v) is 6.20. The third-order valence-corrected chi connectivity index (χ3v) is 2.69. The van der Waals surface area contributed by atoms with Crippen LogP contribution in [0.4, 0.5) is 0 Å². The number of amides is 1. The molecule has 0 aliphatic heterocycles. The lowest BCUT2D eigenvalue weighted by atomic mass is 10.1. The van der Waals surface area contributed by atoms with Gasteiger partial charge in [0.25, 0.3) is 0 Å². The van der Waals surface area contributed by atoms with Crippen LogP contribution in [0.3, 0.4) is 0 Å². The van der Waals surface area contributed by atoms with E-state index in [0.29, 0.717) is 19.4 Å². The summed E-state index contributed by atoms with van der Waals surface area (Å²) < 4.78 is 4.51. The quantitative estimate of drug-likeness (QED) is 0.766. The summed E-state index contributed by atoms with van der Waals surface area (Å²) in [4.78, 5) is 22.4. The highest BCUT2D eigenvalue weighted by Gasteiger charge is 2.05. The molecule has 4 nitrogen and oxygen atoms in total. The van der Waals surface area contributed by atoms with Crippen LogP contribution in [0.1, 0.15) is 30.4 Å². The molecule has 0 bridgehead atoms. The molecule has 1 N–H and O–H groups in total. The van der Waals surface area contributed by atoms with E-state index in [1.165, 1.54) is 7.11 Å². The van der Waals surface area contributed by atoms with E-state index in [4.69, 9.17) is 0 Å². The zero-order chi connectivity index (χ0) is 14.1. The number of ether oxygens (including phenoxy) is 1. The van der Waals surface area contributed by atoms with Crippen molar-refractivity contribution in [2.45, 2.75) is 25.8 Å². The van der Waals surface area contributed by atoms with Gasteiger partial charge in [-0.25, -0.2) is 0 Å². The fourth-order valence-electron chi connectivity index (χ4n) is 1.61. The van der Waals surface area contributed by atoms with Gasteiger partial charge in [-0.15, -0.1) is 0 Å². The molecular formula is C15H19NO3. The minimum atomic E-state index is -0.286. The Balaban J connectivity index is 2.29. The Morgan fingerprint density at radius 2 is 2.16 bits per heavy atom. The average molecular weight is 261 g/mol. The van der Waals surface area contributed by atoms with E-state index in [0.717, 1.165) is 11.1 Å². The predicted molar refractivity (Wildman–Crippen MR) is 74.2 cm³/mol. The first kappa shape index (κ1) is 15.0. The summed E-state index contributed by atoms with van der Waals surface area (Å²) in [6.07, 6.45) is 2.87. The molecule has 0 atom stereocenters. The summed E-state index contributed by atoms with van der Waals surface area (Å²) in [6.45, 7) is 4.19. The first-order chi connectivity index (χ1) is 9.15. The van der Waals surface area contributed by atoms with Gasteiger partial charge in [0.05, 0.1) is 7.11 Å². The molecule has 0 saturated heterocycles. The largest absolute Gasteiger partial charge is 0.469 e. The fourth-order valence-corrected chi connectivity index (χ4v) is 1.61. The van der Waals surface area contributed by atoms with E-state index in [1.807, 2.05) is 24.3 Å². The van der Waals surface area contributed by atoms with Crippen LogP contribution in [0.25, 0.3) is 6.08 Å². The highest BCUT2D eigenvalue weighted by molar-refractivity contribution is 5.77. The van der Waals surface area contributed by atoms with Crippen LogP contribution in [0.15, 0.2) is 30.8 Å². The molecule has 1 aromatic rings. The zero-order valence-electron chi connectivity index (χ0n) is 11.1. The average Bonchev–Trinajstić information content (AvgIpc) is 2.45. The molecule has 4 heteroatoms. The van der Waals surface area contributed by atoms with E-state index in [9.17, 15) is 9.59 Å². The summed E-state index contributed by atoms with van der Waals surface area (Å²) in [7, 11) is 1.34. The van der Waals surface area contributed by atoms with Gasteiger partial charge in [0, 0.05) is 19.4 Å². The van der Waals surface area contributed by atoms with Gasteiger partial charge in [0.1, 0.15) is 0 Å². The monoisotopic (exact) mass is 261 g/mol. The molecule has 0 aliphatic carbocycles. The molecule has 0 radical (unpaired) electrons. The smallest absolute Gasteiger partial charge is 0.305 e. The maximum absolute atomic E-state index is 11.6. The third-order valence-electron chi connectivity index (χ3n) is 2.69. The van der Waals surface area contributed by atoms with Crippen LogP contribution in [-0.4, -0.2) is 19.0 Å². The van der Waals surface area contributed by atoms with Gasteiger partial charge in [-0.1, -0.05) is 30.9 Å². The Morgan fingerprint density at radius 3 is 2.84 bits per heavy atom. The lowest BCUT2D eigenvalue weighted by Crippen LogP contribution is -2.22. The van der Waals surface area contributed by atoms with Crippen molar-refractivity contribution in [3.63, 3.8) is 0 Å². The Hall–Kier alpha value is -2.10. The number of rotatable bonds is 7. The van der Waals surface area contributed by atoms with Crippen LogP contribution in [0.5, 0.6) is 0 Å². The number of benzene rings is 1. The topological polar surface area (TPSA) is 55.4 Å². The Labute approximate surface area is 113 Å². The molecule has 0 aromatic heterocycles. The van der Waals surface area contributed by atoms with Crippen molar-refractivity contribution < 1.29 is 14.3 Å². The predicted octanol–water partition coefficient (Wildman–Crippen LogP) is 2.29. The van der Waals surface area contributed by atoms with E-state index in [1.54, 1.807) is 6.08 Å². The number of nitrogens with one attached hydrogen (secondary N) is 1. The Kier molecular flexibility index (Phi) is 6.36. The van der Waals surface area contributed by atoms with Crippen molar-refractivity contribution in [3.05, 3.63) is 42.0 Å². The van der Waals surface area contributed by atoms with Gasteiger partial charge in [0.2, 0.25) is 5.91 Å². The van der Waals surface area contributed by atoms with Crippen molar-refractivity contribution in [1.29, 1.82) is 0 Å². The van der Waals surface area contributed by atoms with Crippen molar-refractivity contribution in [2.24, 2.45) is 0 Å². The maximum Gasteiger partial charge on any atom is 0.305 e. The normalized spacial score (nSPS) is 9.74. The first-order valence-electron chi connectivity index (χ1n) is 6.20. The van der Waals surface area contributed by atoms with Crippen molar-refractivity contribution in [1.82, 2.24) is 5.32 Å². The molecule has 102 valence electrons. The van der Waals surface area contributed by atoms with Gasteiger partial charge < -0.3 is 10.1 Å². The molecule has 0 saturated carbocycles. The van der Waals surface area contributed by atoms with Crippen LogP contribution in [0.2, 0.25) is 0 Å². The molecule has 1 rings (SSSR count). The maximum atomic E-state index is 11.6. The van der Waals surface area contributed by atoms with E-state index >= 15 is 0 Å². The number of hydrogen-bond acceptors (Lipinski definition) is 3. The third kappa shape index (κ3) is 5.86. The Morgan fingerprint density at radius 1 is 1.37 bits per heavy atom. The minimum Gasteiger partial charge on any atom is -0.469 e. The van der Waals surface area contributed by atoms with E-state index in [2.05, 4.69) is 16.6 Å². The van der Waals surface area contributed by atoms with Crippen molar-refractivity contribution in [2.75, 3.05) is 7.11 Å². The molecule has 1 aromatic carbocycles. The second-order valence-corrected chi connectivity index (χ2v) is 4.16. The summed E-state index contributed by atoms with van der Waals surface area (Å²) in [5, 5.41) is 2.82. The second kappa shape index (κ2) is 8.08. The molecular weight excluding hydrogens is 242 g/mol. The molecule has 0 spiro atoms. The van der Waals surface area contributed by atoms with Gasteiger partial charge in [-0.05, 0) is 23.6 Å². The van der Waals surface area contributed by atoms with Crippen LogP contribution in [-0.2, 0) is 20.9 Å². The molecule has 1 amide bonds. The number of esters is 1. The summed E-state index contributed by atoms with van der Waals surface area (Å²) in [6, 6.07) is 7.80. The lowest BCUT2D eigenvalue weighted by molar-refractivity contribution is -0.140. The van der Waals surface area contributed by atoms with Crippen LogP contribution >= 0.6 is 0 Å². The second-order valence-electron chi connectivity index (χ2n) is 4.16. The number of carbonyl (C=O) groups excluding carboxylic acids is 2. The standard InChI is InChI=1S/C15H19NO3/c1-3-12-6-4-7-13(10-12)11-16-14(17)8-5-9-15(18)19-2/h3-4,6-7,10H,1,5,8-9,11H2,2H3,(H,16,17). The zero-order valence-corrected chi connectivity index (χ0v) is 11.1. The van der Waals surface area contributed by atoms with Crippen LogP contribution < -0.4 is 5.32 Å². The molecule has 0 heterocycles. The molecule has 0 fully saturated rings. The SMILES string of the molecule is C=Cc1cccc(CNC(=O)CCCC(=O)OC)c1. The highest BCUT2D eigenvalue weighted by atomic mass is 16.5. The number of carbonyl (C=O) groups is 2. The van der Waals surface area contributed by atoms with Crippen molar-refractivity contribution >= 4 is 18.0 Å². The van der Waals surface area contributed by atoms with Gasteiger partial charge >= 0.3 is 5.97 Å².